The minimum atomic E-state index is 0.192. The normalized spacial score (nSPS) is 18.3. The number of hydrogen-bond acceptors (Lipinski definition) is 5. The summed E-state index contributed by atoms with van der Waals surface area (Å²) < 4.78 is 10.2. The molecule has 0 heterocycles. The molecule has 0 saturated heterocycles. The van der Waals surface area contributed by atoms with Gasteiger partial charge in [0.05, 0.1) is 13.2 Å². The van der Waals surface area contributed by atoms with Crippen LogP contribution in [0.1, 0.15) is 19.3 Å². The largest absolute Gasteiger partial charge is 0.409 e. The van der Waals surface area contributed by atoms with Crippen molar-refractivity contribution in [2.75, 3.05) is 47.1 Å². The number of methoxy groups -OCH3 is 2. The Kier molecular flexibility index (Phi) is 6.38. The molecule has 1 fully saturated rings. The summed E-state index contributed by atoms with van der Waals surface area (Å²) in [6, 6.07) is 0. The summed E-state index contributed by atoms with van der Waals surface area (Å²) in [7, 11) is 3.41. The van der Waals surface area contributed by atoms with Crippen LogP contribution in [0.3, 0.4) is 0 Å². The first-order valence-corrected chi connectivity index (χ1v) is 6.32. The van der Waals surface area contributed by atoms with Crippen LogP contribution in [-0.2, 0) is 9.47 Å². The van der Waals surface area contributed by atoms with Gasteiger partial charge in [0.1, 0.15) is 5.84 Å². The Morgan fingerprint density at radius 3 is 2.22 bits per heavy atom. The van der Waals surface area contributed by atoms with Crippen LogP contribution in [0.2, 0.25) is 0 Å². The predicted octanol–water partition coefficient (Wildman–Crippen LogP) is 0.498. The Morgan fingerprint density at radius 2 is 1.83 bits per heavy atom. The molecule has 106 valence electrons. The van der Waals surface area contributed by atoms with Crippen LogP contribution in [0.15, 0.2) is 5.16 Å². The topological polar surface area (TPSA) is 80.3 Å². The van der Waals surface area contributed by atoms with E-state index in [1.165, 1.54) is 0 Å². The lowest BCUT2D eigenvalue weighted by molar-refractivity contribution is 0.101. The average Bonchev–Trinajstić information content (AvgIpc) is 3.12. The lowest BCUT2D eigenvalue weighted by Crippen LogP contribution is -2.37. The number of amidine groups is 1. The molecule has 1 saturated carbocycles. The zero-order valence-corrected chi connectivity index (χ0v) is 11.4. The van der Waals surface area contributed by atoms with Crippen LogP contribution < -0.4 is 5.73 Å². The summed E-state index contributed by atoms with van der Waals surface area (Å²) in [4.78, 5) is 2.32. The molecule has 0 aromatic carbocycles. The molecule has 0 radical (unpaired) electrons. The highest BCUT2D eigenvalue weighted by Crippen LogP contribution is 2.49. The molecule has 0 spiro atoms. The third kappa shape index (κ3) is 5.20. The van der Waals surface area contributed by atoms with E-state index in [2.05, 4.69) is 10.1 Å². The first-order valence-electron chi connectivity index (χ1n) is 6.32. The highest BCUT2D eigenvalue weighted by Gasteiger charge is 2.44. The number of nitrogens with zero attached hydrogens (tertiary/aromatic N) is 2. The molecule has 18 heavy (non-hydrogen) atoms. The molecule has 1 aliphatic carbocycles. The van der Waals surface area contributed by atoms with Crippen molar-refractivity contribution in [2.24, 2.45) is 16.3 Å². The van der Waals surface area contributed by atoms with E-state index in [0.29, 0.717) is 25.5 Å². The van der Waals surface area contributed by atoms with Crippen LogP contribution in [0, 0.1) is 5.41 Å². The maximum absolute atomic E-state index is 8.65. The number of ether oxygens (including phenoxy) is 2. The van der Waals surface area contributed by atoms with E-state index in [0.717, 1.165) is 32.5 Å². The van der Waals surface area contributed by atoms with E-state index in [-0.39, 0.29) is 5.41 Å². The molecule has 6 heteroatoms. The lowest BCUT2D eigenvalue weighted by atomic mass is 10.0. The highest BCUT2D eigenvalue weighted by atomic mass is 16.5. The van der Waals surface area contributed by atoms with Crippen molar-refractivity contribution in [1.29, 1.82) is 0 Å². The molecule has 0 atom stereocenters. The van der Waals surface area contributed by atoms with E-state index in [1.54, 1.807) is 14.2 Å². The molecule has 3 N–H and O–H groups in total. The molecule has 0 aromatic heterocycles. The lowest BCUT2D eigenvalue weighted by Gasteiger charge is -2.26. The van der Waals surface area contributed by atoms with Crippen LogP contribution in [0.5, 0.6) is 0 Å². The molecule has 0 unspecified atom stereocenters. The molecule has 1 rings (SSSR count). The van der Waals surface area contributed by atoms with Crippen molar-refractivity contribution in [3.63, 3.8) is 0 Å². The first-order chi connectivity index (χ1) is 8.65. The zero-order chi connectivity index (χ0) is 13.4. The van der Waals surface area contributed by atoms with E-state index >= 15 is 0 Å². The van der Waals surface area contributed by atoms with Gasteiger partial charge in [-0.05, 0) is 18.3 Å². The number of hydrogen-bond donors (Lipinski definition) is 2. The molecule has 0 aliphatic heterocycles. The van der Waals surface area contributed by atoms with E-state index < -0.39 is 0 Å². The summed E-state index contributed by atoms with van der Waals surface area (Å²) in [5.41, 5.74) is 5.80. The summed E-state index contributed by atoms with van der Waals surface area (Å²) in [6.07, 6.45) is 2.94. The third-order valence-corrected chi connectivity index (χ3v) is 3.42. The first kappa shape index (κ1) is 15.2. The maximum atomic E-state index is 8.65. The van der Waals surface area contributed by atoms with Gasteiger partial charge in [-0.25, -0.2) is 0 Å². The summed E-state index contributed by atoms with van der Waals surface area (Å²) in [5.74, 6) is 0.325. The van der Waals surface area contributed by atoms with Crippen LogP contribution in [0.25, 0.3) is 0 Å². The predicted molar refractivity (Wildman–Crippen MR) is 69.9 cm³/mol. The second-order valence-corrected chi connectivity index (χ2v) is 5.03. The molecule has 0 aromatic rings. The Morgan fingerprint density at radius 1 is 1.28 bits per heavy atom. The monoisotopic (exact) mass is 259 g/mol. The smallest absolute Gasteiger partial charge is 0.139 e. The standard InChI is InChI=1S/C12H25N3O3/c1-17-7-5-15(6-8-18-2)10-12(3-4-12)9-11(13)14-16/h16H,3-10H2,1-2H3,(H2,13,14). The van der Waals surface area contributed by atoms with Gasteiger partial charge in [0.15, 0.2) is 0 Å². The molecular weight excluding hydrogens is 234 g/mol. The van der Waals surface area contributed by atoms with Gasteiger partial charge in [0.2, 0.25) is 0 Å². The van der Waals surface area contributed by atoms with Crippen molar-refractivity contribution in [3.05, 3.63) is 0 Å². The third-order valence-electron chi connectivity index (χ3n) is 3.42. The number of nitrogens with two attached hydrogens (primary N) is 1. The number of rotatable bonds is 10. The quantitative estimate of drug-likeness (QED) is 0.258. The van der Waals surface area contributed by atoms with Gasteiger partial charge in [-0.3, -0.25) is 4.90 Å². The van der Waals surface area contributed by atoms with Crippen LogP contribution in [0.4, 0.5) is 0 Å². The Hall–Kier alpha value is -0.850. The van der Waals surface area contributed by atoms with E-state index in [9.17, 15) is 0 Å². The summed E-state index contributed by atoms with van der Waals surface area (Å²) in [5, 5.41) is 11.7. The Labute approximate surface area is 109 Å². The van der Waals surface area contributed by atoms with Crippen LogP contribution >= 0.6 is 0 Å². The molecule has 0 bridgehead atoms. The minimum absolute atomic E-state index is 0.192. The van der Waals surface area contributed by atoms with Gasteiger partial charge in [-0.15, -0.1) is 0 Å². The zero-order valence-electron chi connectivity index (χ0n) is 11.4. The highest BCUT2D eigenvalue weighted by molar-refractivity contribution is 5.80. The molecule has 1 aliphatic rings. The van der Waals surface area contributed by atoms with Gasteiger partial charge in [-0.2, -0.15) is 0 Å². The molecular formula is C12H25N3O3. The second-order valence-electron chi connectivity index (χ2n) is 5.03. The van der Waals surface area contributed by atoms with Crippen molar-refractivity contribution < 1.29 is 14.7 Å². The molecule has 6 nitrogen and oxygen atoms in total. The Bertz CT molecular complexity index is 259. The fourth-order valence-corrected chi connectivity index (χ4v) is 2.17. The fraction of sp³-hybridized carbons (Fsp3) is 0.917. The summed E-state index contributed by atoms with van der Waals surface area (Å²) >= 11 is 0. The van der Waals surface area contributed by atoms with Crippen molar-refractivity contribution in [1.82, 2.24) is 4.90 Å². The van der Waals surface area contributed by atoms with Crippen molar-refractivity contribution >= 4 is 5.84 Å². The van der Waals surface area contributed by atoms with Gasteiger partial charge >= 0.3 is 0 Å². The average molecular weight is 259 g/mol. The van der Waals surface area contributed by atoms with E-state index in [4.69, 9.17) is 20.4 Å². The van der Waals surface area contributed by atoms with Crippen LogP contribution in [-0.4, -0.2) is 63.0 Å². The number of oxime groups is 1. The van der Waals surface area contributed by atoms with Gasteiger partial charge in [-0.1, -0.05) is 5.16 Å². The van der Waals surface area contributed by atoms with E-state index in [1.807, 2.05) is 0 Å². The van der Waals surface area contributed by atoms with Gasteiger partial charge < -0.3 is 20.4 Å². The van der Waals surface area contributed by atoms with Crippen molar-refractivity contribution in [3.8, 4) is 0 Å². The molecule has 0 amide bonds. The van der Waals surface area contributed by atoms with Gasteiger partial charge in [0.25, 0.3) is 0 Å². The SMILES string of the molecule is COCCN(CCOC)CC1(CC(N)=NO)CC1. The Balaban J connectivity index is 2.43. The minimum Gasteiger partial charge on any atom is -0.409 e. The van der Waals surface area contributed by atoms with Gasteiger partial charge in [0, 0.05) is 40.3 Å². The second kappa shape index (κ2) is 7.56. The summed E-state index contributed by atoms with van der Waals surface area (Å²) in [6.45, 7) is 4.15. The maximum Gasteiger partial charge on any atom is 0.139 e. The van der Waals surface area contributed by atoms with Crippen molar-refractivity contribution in [2.45, 2.75) is 19.3 Å². The fourth-order valence-electron chi connectivity index (χ4n) is 2.17.